The molecule has 0 aliphatic heterocycles. The van der Waals surface area contributed by atoms with Crippen molar-refractivity contribution in [2.75, 3.05) is 13.6 Å². The minimum Gasteiger partial charge on any atom is -1.00 e. The van der Waals surface area contributed by atoms with Crippen molar-refractivity contribution < 1.29 is 67.1 Å². The fraction of sp³-hybridized carbons (Fsp3) is 0.895. The molecule has 0 aromatic carbocycles. The van der Waals surface area contributed by atoms with E-state index in [1.165, 1.54) is 70.6 Å². The average Bonchev–Trinajstić information content (AvgIpc) is 2.52. The van der Waals surface area contributed by atoms with Crippen molar-refractivity contribution in [2.24, 2.45) is 0 Å². The molecule has 24 heavy (non-hydrogen) atoms. The normalized spacial score (nSPS) is 10.2. The van der Waals surface area contributed by atoms with Gasteiger partial charge in [-0.15, -0.1) is 0 Å². The molecule has 0 amide bonds. The van der Waals surface area contributed by atoms with Crippen molar-refractivity contribution in [3.05, 3.63) is 0 Å². The van der Waals surface area contributed by atoms with E-state index in [0.717, 1.165) is 12.8 Å². The van der Waals surface area contributed by atoms with Gasteiger partial charge < -0.3 is 11.5 Å². The minimum absolute atomic E-state index is 0. The van der Waals surface area contributed by atoms with Crippen LogP contribution in [0.3, 0.4) is 0 Å². The first-order chi connectivity index (χ1) is 11.2. The van der Waals surface area contributed by atoms with Gasteiger partial charge in [-0.2, -0.15) is 0 Å². The molecule has 5 heteroatoms. The number of esters is 2. The molecule has 138 valence electrons. The summed E-state index contributed by atoms with van der Waals surface area (Å²) in [7, 11) is 1.65. The van der Waals surface area contributed by atoms with E-state index in [1.54, 1.807) is 7.05 Å². The molecule has 0 aromatic heterocycles. The fourth-order valence-corrected chi connectivity index (χ4v) is 2.65. The van der Waals surface area contributed by atoms with E-state index in [0.29, 0.717) is 6.42 Å². The summed E-state index contributed by atoms with van der Waals surface area (Å²) in [6, 6.07) is 0. The predicted octanol–water partition coefficient (Wildman–Crippen LogP) is 1.87. The smallest absolute Gasteiger partial charge is 1.00 e. The first-order valence-corrected chi connectivity index (χ1v) is 9.58. The van der Waals surface area contributed by atoms with Gasteiger partial charge in [0.25, 0.3) is 0 Å². The van der Waals surface area contributed by atoms with Crippen LogP contribution in [0.5, 0.6) is 0 Å². The molecule has 0 unspecified atom stereocenters. The third-order valence-corrected chi connectivity index (χ3v) is 4.03. The Balaban J connectivity index is -0.00000242. The third-order valence-electron chi connectivity index (χ3n) is 4.03. The Hall–Kier alpha value is 0.736. The van der Waals surface area contributed by atoms with Crippen molar-refractivity contribution in [3.8, 4) is 0 Å². The topological polar surface area (TPSA) is 55.4 Å². The Morgan fingerprint density at radius 2 is 1.17 bits per heavy atom. The van der Waals surface area contributed by atoms with Gasteiger partial charge >= 0.3 is 63.3 Å². The number of likely N-dealkylation sites (N-methyl/N-ethyl adjacent to an activating group) is 1. The zero-order valence-electron chi connectivity index (χ0n) is 17.3. The van der Waals surface area contributed by atoms with E-state index in [2.05, 4.69) is 17.0 Å². The number of hydrogen-bond donors (Lipinski definition) is 1. The van der Waals surface area contributed by atoms with Crippen LogP contribution in [0.25, 0.3) is 0 Å². The fourth-order valence-electron chi connectivity index (χ4n) is 2.65. The second-order valence-corrected chi connectivity index (χ2v) is 6.37. The van der Waals surface area contributed by atoms with Crippen LogP contribution in [-0.2, 0) is 14.3 Å². The molecule has 1 N–H and O–H groups in total. The van der Waals surface area contributed by atoms with Gasteiger partial charge in [-0.25, -0.2) is 0 Å². The van der Waals surface area contributed by atoms with Gasteiger partial charge in [0.05, 0.1) is 6.54 Å². The molecule has 0 spiro atoms. The third kappa shape index (κ3) is 20.8. The maximum Gasteiger partial charge on any atom is 1.00 e. The summed E-state index contributed by atoms with van der Waals surface area (Å²) in [5.41, 5.74) is 0. The van der Waals surface area contributed by atoms with E-state index < -0.39 is 11.9 Å². The zero-order chi connectivity index (χ0) is 17.2. The number of nitrogens with one attached hydrogen (secondary N) is 1. The first-order valence-electron chi connectivity index (χ1n) is 9.58. The van der Waals surface area contributed by atoms with Gasteiger partial charge in [0.15, 0.2) is 0 Å². The van der Waals surface area contributed by atoms with Crippen LogP contribution in [0.2, 0.25) is 0 Å². The molecule has 0 rings (SSSR count). The average molecular weight is 368 g/mol. The van der Waals surface area contributed by atoms with Crippen molar-refractivity contribution in [1.29, 1.82) is 0 Å². The largest absolute Gasteiger partial charge is 1.00 e. The molecule has 0 aromatic rings. The summed E-state index contributed by atoms with van der Waals surface area (Å²) in [5.74, 6) is -0.888. The van der Waals surface area contributed by atoms with Crippen LogP contribution in [0, 0.1) is 0 Å². The van der Waals surface area contributed by atoms with Crippen LogP contribution >= 0.6 is 0 Å². The van der Waals surface area contributed by atoms with Crippen molar-refractivity contribution >= 4 is 11.9 Å². The number of unbranched alkanes of at least 4 members (excludes halogenated alkanes) is 12. The van der Waals surface area contributed by atoms with Crippen LogP contribution in [-0.4, -0.2) is 25.5 Å². The Morgan fingerprint density at radius 3 is 1.58 bits per heavy atom. The summed E-state index contributed by atoms with van der Waals surface area (Å²) in [6.07, 6.45) is 17.0. The quantitative estimate of drug-likeness (QED) is 0.196. The number of carbonyl (C=O) groups is 2. The Labute approximate surface area is 193 Å². The van der Waals surface area contributed by atoms with E-state index in [9.17, 15) is 9.59 Å². The first kappa shape index (κ1) is 27.0. The molecule has 0 bridgehead atoms. The summed E-state index contributed by atoms with van der Waals surface area (Å²) >= 11 is 0. The molecule has 0 aliphatic rings. The van der Waals surface area contributed by atoms with Crippen LogP contribution < -0.4 is 56.7 Å². The van der Waals surface area contributed by atoms with Crippen LogP contribution in [0.15, 0.2) is 0 Å². The van der Waals surface area contributed by atoms with Gasteiger partial charge in [0.2, 0.25) is 0 Å². The maximum absolute atomic E-state index is 11.4. The van der Waals surface area contributed by atoms with E-state index in [4.69, 9.17) is 0 Å². The molecule has 0 saturated heterocycles. The van der Waals surface area contributed by atoms with Crippen molar-refractivity contribution in [3.63, 3.8) is 0 Å². The monoisotopic (exact) mass is 367 g/mol. The van der Waals surface area contributed by atoms with Gasteiger partial charge in [0, 0.05) is 6.42 Å². The maximum atomic E-state index is 11.4. The van der Waals surface area contributed by atoms with E-state index in [-0.39, 0.29) is 59.4 Å². The van der Waals surface area contributed by atoms with E-state index in [1.807, 2.05) is 0 Å². The molecule has 4 nitrogen and oxygen atoms in total. The van der Waals surface area contributed by atoms with Gasteiger partial charge in [-0.05, 0) is 13.5 Å². The van der Waals surface area contributed by atoms with Crippen LogP contribution in [0.4, 0.5) is 0 Å². The molecule has 0 saturated carbocycles. The Bertz CT molecular complexity index is 304. The Kier molecular flexibility index (Phi) is 24.5. The summed E-state index contributed by atoms with van der Waals surface area (Å²) in [6.45, 7) is 2.34. The molecule has 0 aliphatic carbocycles. The van der Waals surface area contributed by atoms with Crippen LogP contribution in [0.1, 0.15) is 98.2 Å². The SMILES string of the molecule is CCCCCCCCCCCCCCCC(=O)OC(=O)CNC.[H-].[K+]. The predicted molar refractivity (Wildman–Crippen MR) is 96.4 cm³/mol. The molecular formula is C19H38KNO3. The number of ether oxygens (including phenoxy) is 1. The second-order valence-electron chi connectivity index (χ2n) is 6.37. The second kappa shape index (κ2) is 21.8. The Morgan fingerprint density at radius 1 is 0.750 bits per heavy atom. The number of carbonyl (C=O) groups excluding carboxylic acids is 2. The minimum atomic E-state index is -0.493. The van der Waals surface area contributed by atoms with Crippen molar-refractivity contribution in [1.82, 2.24) is 5.32 Å². The van der Waals surface area contributed by atoms with Gasteiger partial charge in [-0.3, -0.25) is 9.59 Å². The molecule has 0 heterocycles. The van der Waals surface area contributed by atoms with Crippen molar-refractivity contribution in [2.45, 2.75) is 96.8 Å². The van der Waals surface area contributed by atoms with Gasteiger partial charge in [-0.1, -0.05) is 84.0 Å². The van der Waals surface area contributed by atoms with Gasteiger partial charge in [0.1, 0.15) is 0 Å². The van der Waals surface area contributed by atoms with E-state index >= 15 is 0 Å². The molecule has 0 radical (unpaired) electrons. The molecule has 0 fully saturated rings. The summed E-state index contributed by atoms with van der Waals surface area (Å²) in [5, 5.41) is 2.66. The summed E-state index contributed by atoms with van der Waals surface area (Å²) in [4.78, 5) is 22.4. The number of hydrogen-bond acceptors (Lipinski definition) is 4. The molecular weight excluding hydrogens is 329 g/mol. The number of rotatable bonds is 16. The molecule has 0 atom stereocenters. The zero-order valence-corrected chi connectivity index (χ0v) is 19.5. The standard InChI is InChI=1S/C19H37NO3.K.H/c1-3-4-5-6-7-8-9-10-11-12-13-14-15-16-18(21)23-19(22)17-20-2;;/h20H,3-17H2,1-2H3;;/q;+1;-1. The summed E-state index contributed by atoms with van der Waals surface area (Å²) < 4.78 is 4.66.